The van der Waals surface area contributed by atoms with Gasteiger partial charge in [-0.1, -0.05) is 0 Å². The van der Waals surface area contributed by atoms with Gasteiger partial charge >= 0.3 is 0 Å². The third-order valence-electron chi connectivity index (χ3n) is 3.79. The fourth-order valence-electron chi connectivity index (χ4n) is 3.82. The van der Waals surface area contributed by atoms with E-state index in [4.69, 9.17) is 0 Å². The van der Waals surface area contributed by atoms with E-state index in [1.54, 1.807) is 0 Å². The Kier molecular flexibility index (Phi) is 1.06. The van der Waals surface area contributed by atoms with E-state index >= 15 is 0 Å². The normalized spacial score (nSPS) is 60.3. The van der Waals surface area contributed by atoms with E-state index in [2.05, 4.69) is 0 Å². The number of piperidine rings is 3. The number of hydroxylamine groups is 3. The molecule has 3 saturated heterocycles. The molecule has 0 radical (unpaired) electrons. The van der Waals surface area contributed by atoms with Crippen molar-refractivity contribution in [2.24, 2.45) is 17.8 Å². The second-order valence-corrected chi connectivity index (χ2v) is 4.95. The molecule has 0 spiro atoms. The summed E-state index contributed by atoms with van der Waals surface area (Å²) in [4.78, 5) is 0. The van der Waals surface area contributed by atoms with Crippen molar-refractivity contribution in [1.82, 2.24) is 0 Å². The van der Waals surface area contributed by atoms with Crippen LogP contribution in [0.2, 0.25) is 0 Å². The molecule has 3 heterocycles. The zero-order chi connectivity index (χ0) is 7.47. The second kappa shape index (κ2) is 1.80. The van der Waals surface area contributed by atoms with Gasteiger partial charge in [0.05, 0.1) is 0 Å². The van der Waals surface area contributed by atoms with Crippen molar-refractivity contribution >= 4 is 0 Å². The average Bonchev–Trinajstić information content (AvgIpc) is 1.79. The van der Waals surface area contributed by atoms with Crippen LogP contribution in [0.25, 0.3) is 0 Å². The summed E-state index contributed by atoms with van der Waals surface area (Å²) >= 11 is 0. The Morgan fingerprint density at radius 3 is 1.45 bits per heavy atom. The van der Waals surface area contributed by atoms with Crippen molar-refractivity contribution in [1.29, 1.82) is 0 Å². The lowest BCUT2D eigenvalue weighted by molar-refractivity contribution is -1.12. The summed E-state index contributed by atoms with van der Waals surface area (Å²) in [6.07, 6.45) is 4.24. The molecule has 1 saturated carbocycles. The quantitative estimate of drug-likeness (QED) is 0.521. The zero-order valence-electron chi connectivity index (χ0n) is 6.87. The molecule has 0 atom stereocenters. The predicted octanol–water partition coefficient (Wildman–Crippen LogP) is 1.25. The molecule has 2 nitrogen and oxygen atoms in total. The smallest absolute Gasteiger partial charge is 0.112 e. The van der Waals surface area contributed by atoms with Crippen molar-refractivity contribution in [3.63, 3.8) is 0 Å². The highest BCUT2D eigenvalue weighted by Gasteiger charge is 2.51. The van der Waals surface area contributed by atoms with E-state index in [9.17, 15) is 5.21 Å². The van der Waals surface area contributed by atoms with Crippen LogP contribution in [0.1, 0.15) is 19.3 Å². The molecule has 2 heteroatoms. The summed E-state index contributed by atoms with van der Waals surface area (Å²) < 4.78 is 0.431. The van der Waals surface area contributed by atoms with Crippen molar-refractivity contribution < 1.29 is 9.85 Å². The highest BCUT2D eigenvalue weighted by atomic mass is 16.5. The standard InChI is InChI=1S/C9H16NO/c11-10-4-7-1-8(5-10)3-9(2-7)6-10/h7-9,11H,1-6H2/q+1. The van der Waals surface area contributed by atoms with Crippen LogP contribution in [0.15, 0.2) is 0 Å². The molecular formula is C9H16NO+. The summed E-state index contributed by atoms with van der Waals surface area (Å²) in [5.74, 6) is 2.60. The number of quaternary nitrogens is 1. The van der Waals surface area contributed by atoms with E-state index in [0.717, 1.165) is 37.4 Å². The minimum absolute atomic E-state index is 0.431. The molecule has 4 fully saturated rings. The molecular weight excluding hydrogens is 138 g/mol. The molecule has 0 amide bonds. The monoisotopic (exact) mass is 154 g/mol. The summed E-state index contributed by atoms with van der Waals surface area (Å²) in [7, 11) is 0. The maximum Gasteiger partial charge on any atom is 0.112 e. The summed E-state index contributed by atoms with van der Waals surface area (Å²) in [5.41, 5.74) is 0. The third kappa shape index (κ3) is 0.859. The number of rotatable bonds is 0. The fraction of sp³-hybridized carbons (Fsp3) is 1.00. The Morgan fingerprint density at radius 2 is 1.18 bits per heavy atom. The maximum absolute atomic E-state index is 10.0. The van der Waals surface area contributed by atoms with Gasteiger partial charge in [-0.25, -0.2) is 5.21 Å². The Bertz CT molecular complexity index is 155. The van der Waals surface area contributed by atoms with Gasteiger partial charge in [-0.2, -0.15) is 4.65 Å². The summed E-state index contributed by atoms with van der Waals surface area (Å²) in [6, 6.07) is 0. The first-order valence-corrected chi connectivity index (χ1v) is 4.82. The third-order valence-corrected chi connectivity index (χ3v) is 3.79. The van der Waals surface area contributed by atoms with Gasteiger partial charge < -0.3 is 0 Å². The van der Waals surface area contributed by atoms with E-state index < -0.39 is 0 Å². The lowest BCUT2D eigenvalue weighted by Gasteiger charge is -2.53. The van der Waals surface area contributed by atoms with Crippen LogP contribution >= 0.6 is 0 Å². The first kappa shape index (κ1) is 6.44. The largest absolute Gasteiger partial charge is 0.217 e. The van der Waals surface area contributed by atoms with E-state index in [1.807, 2.05) is 0 Å². The highest BCUT2D eigenvalue weighted by Crippen LogP contribution is 2.45. The van der Waals surface area contributed by atoms with Gasteiger partial charge in [0.1, 0.15) is 19.6 Å². The average molecular weight is 154 g/mol. The fourth-order valence-corrected chi connectivity index (χ4v) is 3.82. The van der Waals surface area contributed by atoms with Gasteiger partial charge in [-0.05, 0) is 19.3 Å². The van der Waals surface area contributed by atoms with Crippen LogP contribution in [0.5, 0.6) is 0 Å². The van der Waals surface area contributed by atoms with Gasteiger partial charge in [0.15, 0.2) is 0 Å². The van der Waals surface area contributed by atoms with Gasteiger partial charge in [0.2, 0.25) is 0 Å². The first-order valence-electron chi connectivity index (χ1n) is 4.82. The summed E-state index contributed by atoms with van der Waals surface area (Å²) in [5, 5.41) is 10.0. The minimum Gasteiger partial charge on any atom is -0.217 e. The Hall–Kier alpha value is -0.0800. The molecule has 4 rings (SSSR count). The topological polar surface area (TPSA) is 20.2 Å². The van der Waals surface area contributed by atoms with E-state index in [1.165, 1.54) is 19.3 Å². The number of hydrogen-bond donors (Lipinski definition) is 1. The van der Waals surface area contributed by atoms with Gasteiger partial charge in [0.25, 0.3) is 0 Å². The van der Waals surface area contributed by atoms with Crippen molar-refractivity contribution in [2.45, 2.75) is 19.3 Å². The van der Waals surface area contributed by atoms with E-state index in [-0.39, 0.29) is 0 Å². The SMILES string of the molecule is O[N+]12CC3CC(CC(C3)C1)C2. The predicted molar refractivity (Wildman–Crippen MR) is 41.0 cm³/mol. The van der Waals surface area contributed by atoms with Crippen LogP contribution in [0.3, 0.4) is 0 Å². The number of hydrogen-bond acceptors (Lipinski definition) is 1. The molecule has 0 aromatic carbocycles. The van der Waals surface area contributed by atoms with Crippen LogP contribution in [0, 0.1) is 17.8 Å². The van der Waals surface area contributed by atoms with Crippen molar-refractivity contribution in [3.8, 4) is 0 Å². The van der Waals surface area contributed by atoms with Gasteiger partial charge in [0, 0.05) is 17.8 Å². The van der Waals surface area contributed by atoms with Crippen LogP contribution < -0.4 is 0 Å². The lowest BCUT2D eigenvalue weighted by atomic mass is 9.68. The second-order valence-electron chi connectivity index (χ2n) is 4.95. The minimum atomic E-state index is 0.431. The van der Waals surface area contributed by atoms with Gasteiger partial charge in [-0.3, -0.25) is 0 Å². The van der Waals surface area contributed by atoms with Crippen LogP contribution in [-0.4, -0.2) is 29.5 Å². The Balaban J connectivity index is 1.94. The maximum atomic E-state index is 10.0. The Morgan fingerprint density at radius 1 is 0.818 bits per heavy atom. The molecule has 1 aliphatic carbocycles. The Labute approximate surface area is 67.4 Å². The molecule has 0 aromatic rings. The molecule has 0 aromatic heterocycles. The highest BCUT2D eigenvalue weighted by molar-refractivity contribution is 4.86. The molecule has 11 heavy (non-hydrogen) atoms. The first-order chi connectivity index (χ1) is 5.23. The number of nitrogens with zero attached hydrogens (tertiary/aromatic N) is 1. The molecule has 3 aliphatic heterocycles. The van der Waals surface area contributed by atoms with E-state index in [0.29, 0.717) is 4.65 Å². The molecule has 0 unspecified atom stereocenters. The van der Waals surface area contributed by atoms with Crippen LogP contribution in [-0.2, 0) is 0 Å². The summed E-state index contributed by atoms with van der Waals surface area (Å²) in [6.45, 7) is 3.19. The molecule has 4 aliphatic rings. The van der Waals surface area contributed by atoms with Crippen LogP contribution in [0.4, 0.5) is 0 Å². The molecule has 62 valence electrons. The lowest BCUT2D eigenvalue weighted by Crippen LogP contribution is -2.64. The van der Waals surface area contributed by atoms with Crippen molar-refractivity contribution in [3.05, 3.63) is 0 Å². The molecule has 1 N–H and O–H groups in total. The zero-order valence-corrected chi connectivity index (χ0v) is 6.87. The van der Waals surface area contributed by atoms with Gasteiger partial charge in [-0.15, -0.1) is 0 Å². The molecule has 4 bridgehead atoms. The van der Waals surface area contributed by atoms with Crippen molar-refractivity contribution in [2.75, 3.05) is 19.6 Å².